The number of aromatic nitrogens is 2. The molecule has 0 saturated carbocycles. The lowest BCUT2D eigenvalue weighted by atomic mass is 10.2. The first-order valence-corrected chi connectivity index (χ1v) is 7.56. The monoisotopic (exact) mass is 300 g/mol. The highest BCUT2D eigenvalue weighted by molar-refractivity contribution is 5.94. The Morgan fingerprint density at radius 2 is 1.86 bits per heavy atom. The van der Waals surface area contributed by atoms with Gasteiger partial charge in [0.15, 0.2) is 0 Å². The first-order valence-electron chi connectivity index (χ1n) is 7.56. The molecule has 0 radical (unpaired) electrons. The highest BCUT2D eigenvalue weighted by Gasteiger charge is 2.23. The Hall–Kier alpha value is -2.50. The molecule has 1 fully saturated rings. The third-order valence-electron chi connectivity index (χ3n) is 3.98. The molecule has 2 aromatic heterocycles. The van der Waals surface area contributed by atoms with Crippen molar-refractivity contribution in [1.82, 2.24) is 19.8 Å². The van der Waals surface area contributed by atoms with Gasteiger partial charge in [-0.2, -0.15) is 0 Å². The van der Waals surface area contributed by atoms with E-state index in [2.05, 4.69) is 9.97 Å². The van der Waals surface area contributed by atoms with Crippen LogP contribution in [0.25, 0.3) is 0 Å². The smallest absolute Gasteiger partial charge is 0.255 e. The van der Waals surface area contributed by atoms with Gasteiger partial charge in [0.05, 0.1) is 12.0 Å². The summed E-state index contributed by atoms with van der Waals surface area (Å²) in [6, 6.07) is 5.58. The van der Waals surface area contributed by atoms with Crippen molar-refractivity contribution in [2.45, 2.75) is 12.8 Å². The van der Waals surface area contributed by atoms with Gasteiger partial charge in [-0.25, -0.2) is 0 Å². The number of rotatable bonds is 3. The molecule has 0 spiro atoms. The topological polar surface area (TPSA) is 72.2 Å². The maximum absolute atomic E-state index is 12.3. The Bertz CT molecular complexity index is 619. The summed E-state index contributed by atoms with van der Waals surface area (Å²) in [5, 5.41) is 0. The van der Waals surface area contributed by atoms with Gasteiger partial charge >= 0.3 is 0 Å². The Morgan fingerprint density at radius 1 is 1.05 bits per heavy atom. The van der Waals surface area contributed by atoms with Crippen LogP contribution in [0.4, 0.5) is 0 Å². The molecule has 1 aliphatic heterocycles. The molecule has 0 unspecified atom stereocenters. The summed E-state index contributed by atoms with van der Waals surface area (Å²) < 4.78 is 0. The fourth-order valence-corrected chi connectivity index (χ4v) is 2.76. The third kappa shape index (κ3) is 3.21. The van der Waals surface area contributed by atoms with Gasteiger partial charge in [0.1, 0.15) is 0 Å². The van der Waals surface area contributed by atoms with Gasteiger partial charge in [-0.3, -0.25) is 9.59 Å². The molecule has 2 aromatic rings. The zero-order chi connectivity index (χ0) is 15.4. The molecule has 6 heteroatoms. The molecule has 1 aliphatic rings. The highest BCUT2D eigenvalue weighted by atomic mass is 16.2. The minimum absolute atomic E-state index is 0.0277. The lowest BCUT2D eigenvalue weighted by Crippen LogP contribution is -2.37. The van der Waals surface area contributed by atoms with Gasteiger partial charge in [-0.15, -0.1) is 0 Å². The van der Waals surface area contributed by atoms with Gasteiger partial charge in [0.2, 0.25) is 5.91 Å². The maximum atomic E-state index is 12.3. The molecule has 116 valence electrons. The van der Waals surface area contributed by atoms with E-state index in [0.717, 1.165) is 12.1 Å². The van der Waals surface area contributed by atoms with Crippen LogP contribution in [0.15, 0.2) is 36.8 Å². The van der Waals surface area contributed by atoms with E-state index >= 15 is 0 Å². The lowest BCUT2D eigenvalue weighted by molar-refractivity contribution is -0.130. The van der Waals surface area contributed by atoms with Crippen molar-refractivity contribution in [3.8, 4) is 0 Å². The van der Waals surface area contributed by atoms with E-state index in [4.69, 9.17) is 0 Å². The van der Waals surface area contributed by atoms with Crippen molar-refractivity contribution >= 4 is 11.8 Å². The number of nitrogens with zero attached hydrogens (tertiary/aromatic N) is 2. The van der Waals surface area contributed by atoms with Crippen molar-refractivity contribution in [2.24, 2.45) is 0 Å². The number of carbonyl (C=O) groups is 2. The molecular weight excluding hydrogens is 280 g/mol. The number of amides is 2. The second-order valence-electron chi connectivity index (χ2n) is 5.50. The molecule has 2 amide bonds. The quantitative estimate of drug-likeness (QED) is 0.895. The van der Waals surface area contributed by atoms with E-state index in [-0.39, 0.29) is 11.8 Å². The first-order chi connectivity index (χ1) is 10.7. The fourth-order valence-electron chi connectivity index (χ4n) is 2.76. The normalized spacial score (nSPS) is 15.6. The molecule has 22 heavy (non-hydrogen) atoms. The Balaban J connectivity index is 1.57. The average molecular weight is 300 g/mol. The predicted molar refractivity (Wildman–Crippen MR) is 82.4 cm³/mol. The molecule has 0 atom stereocenters. The minimum atomic E-state index is 0.0277. The number of aromatic amines is 2. The molecule has 3 heterocycles. The zero-order valence-electron chi connectivity index (χ0n) is 12.4. The molecule has 1 saturated heterocycles. The van der Waals surface area contributed by atoms with Crippen LogP contribution in [0.1, 0.15) is 22.5 Å². The first kappa shape index (κ1) is 14.4. The number of hydrogen-bond acceptors (Lipinski definition) is 2. The van der Waals surface area contributed by atoms with E-state index in [1.54, 1.807) is 18.5 Å². The van der Waals surface area contributed by atoms with Gasteiger partial charge < -0.3 is 19.8 Å². The Kier molecular flexibility index (Phi) is 4.27. The van der Waals surface area contributed by atoms with Crippen molar-refractivity contribution < 1.29 is 9.59 Å². The van der Waals surface area contributed by atoms with Crippen LogP contribution < -0.4 is 0 Å². The zero-order valence-corrected chi connectivity index (χ0v) is 12.4. The van der Waals surface area contributed by atoms with E-state index in [0.29, 0.717) is 38.2 Å². The summed E-state index contributed by atoms with van der Waals surface area (Å²) in [4.78, 5) is 34.3. The maximum Gasteiger partial charge on any atom is 0.255 e. The molecule has 0 bridgehead atoms. The summed E-state index contributed by atoms with van der Waals surface area (Å²) >= 11 is 0. The summed E-state index contributed by atoms with van der Waals surface area (Å²) in [6.45, 7) is 2.57. The summed E-state index contributed by atoms with van der Waals surface area (Å²) in [7, 11) is 0. The third-order valence-corrected chi connectivity index (χ3v) is 3.98. The van der Waals surface area contributed by atoms with Crippen LogP contribution in [-0.2, 0) is 11.2 Å². The van der Waals surface area contributed by atoms with E-state index in [9.17, 15) is 9.59 Å². The largest absolute Gasteiger partial charge is 0.367 e. The van der Waals surface area contributed by atoms with Crippen molar-refractivity contribution in [3.05, 3.63) is 48.0 Å². The fraction of sp³-hybridized carbons (Fsp3) is 0.375. The standard InChI is InChI=1S/C16H20N4O2/c21-15(11-14-3-1-5-18-14)19-7-2-8-20(10-9-19)16(22)13-4-6-17-12-13/h1,3-6,12,17-18H,2,7-11H2. The van der Waals surface area contributed by atoms with Crippen LogP contribution in [0.5, 0.6) is 0 Å². The molecule has 6 nitrogen and oxygen atoms in total. The number of nitrogens with one attached hydrogen (secondary N) is 2. The predicted octanol–water partition coefficient (Wildman–Crippen LogP) is 1.26. The van der Waals surface area contributed by atoms with Crippen LogP contribution >= 0.6 is 0 Å². The van der Waals surface area contributed by atoms with Gasteiger partial charge in [0, 0.05) is 50.5 Å². The summed E-state index contributed by atoms with van der Waals surface area (Å²) in [6.07, 6.45) is 6.48. The molecule has 0 aliphatic carbocycles. The Morgan fingerprint density at radius 3 is 2.59 bits per heavy atom. The number of hydrogen-bond donors (Lipinski definition) is 2. The lowest BCUT2D eigenvalue weighted by Gasteiger charge is -2.22. The van der Waals surface area contributed by atoms with Gasteiger partial charge in [-0.1, -0.05) is 0 Å². The number of carbonyl (C=O) groups excluding carboxylic acids is 2. The minimum Gasteiger partial charge on any atom is -0.367 e. The molecule has 0 aromatic carbocycles. The van der Waals surface area contributed by atoms with Crippen molar-refractivity contribution in [2.75, 3.05) is 26.2 Å². The second kappa shape index (κ2) is 6.51. The second-order valence-corrected chi connectivity index (χ2v) is 5.50. The van der Waals surface area contributed by atoms with Crippen molar-refractivity contribution in [1.29, 1.82) is 0 Å². The molecule has 3 rings (SSSR count). The Labute approximate surface area is 129 Å². The van der Waals surface area contributed by atoms with E-state index in [1.165, 1.54) is 0 Å². The highest BCUT2D eigenvalue weighted by Crippen LogP contribution is 2.10. The van der Waals surface area contributed by atoms with Crippen LogP contribution in [0.3, 0.4) is 0 Å². The molecule has 2 N–H and O–H groups in total. The van der Waals surface area contributed by atoms with E-state index < -0.39 is 0 Å². The SMILES string of the molecule is O=C(Cc1ccc[nH]1)N1CCCN(C(=O)c2cc[nH]c2)CC1. The number of H-pyrrole nitrogens is 2. The van der Waals surface area contributed by atoms with Crippen molar-refractivity contribution in [3.63, 3.8) is 0 Å². The van der Waals surface area contributed by atoms with Crippen LogP contribution in [-0.4, -0.2) is 57.8 Å². The molecular formula is C16H20N4O2. The van der Waals surface area contributed by atoms with Gasteiger partial charge in [-0.05, 0) is 24.6 Å². The van der Waals surface area contributed by atoms with Crippen LogP contribution in [0.2, 0.25) is 0 Å². The average Bonchev–Trinajstić information content (AvgIpc) is 3.16. The van der Waals surface area contributed by atoms with Gasteiger partial charge in [0.25, 0.3) is 5.91 Å². The van der Waals surface area contributed by atoms with Crippen LogP contribution in [0, 0.1) is 0 Å². The van der Waals surface area contributed by atoms with E-state index in [1.807, 2.05) is 28.1 Å². The summed E-state index contributed by atoms with van der Waals surface area (Å²) in [5.41, 5.74) is 1.60. The summed E-state index contributed by atoms with van der Waals surface area (Å²) in [5.74, 6) is 0.137.